The van der Waals surface area contributed by atoms with Gasteiger partial charge in [0.05, 0.1) is 14.2 Å². The molecule has 0 spiro atoms. The van der Waals surface area contributed by atoms with Gasteiger partial charge in [0.15, 0.2) is 17.1 Å². The topological polar surface area (TPSA) is 93.0 Å². The van der Waals surface area contributed by atoms with Crippen LogP contribution in [0.15, 0.2) is 59.0 Å². The molecule has 2 aromatic heterocycles. The summed E-state index contributed by atoms with van der Waals surface area (Å²) in [6, 6.07) is 16.9. The molecule has 1 amide bonds. The third kappa shape index (κ3) is 4.70. The molecular formula is C26H27N5O4. The number of methoxy groups -OCH3 is 2. The Hall–Kier alpha value is -4.27. The number of nitrogens with one attached hydrogen (secondary N) is 1. The van der Waals surface area contributed by atoms with Gasteiger partial charge in [-0.25, -0.2) is 4.98 Å². The van der Waals surface area contributed by atoms with Gasteiger partial charge in [0.2, 0.25) is 5.95 Å². The Labute approximate surface area is 203 Å². The first-order chi connectivity index (χ1) is 17.0. The number of piperazine rings is 1. The van der Waals surface area contributed by atoms with Crippen molar-refractivity contribution in [3.63, 3.8) is 0 Å². The summed E-state index contributed by atoms with van der Waals surface area (Å²) in [5, 5.41) is 4.17. The van der Waals surface area contributed by atoms with Gasteiger partial charge in [0, 0.05) is 49.0 Å². The number of hydrogen-bond donors (Lipinski definition) is 1. The van der Waals surface area contributed by atoms with Crippen LogP contribution in [-0.4, -0.2) is 61.2 Å². The Balaban J connectivity index is 1.26. The molecule has 2 aromatic carbocycles. The van der Waals surface area contributed by atoms with Crippen LogP contribution in [0.25, 0.3) is 11.0 Å². The van der Waals surface area contributed by atoms with Gasteiger partial charge in [-0.2, -0.15) is 4.98 Å². The number of rotatable bonds is 6. The summed E-state index contributed by atoms with van der Waals surface area (Å²) in [4.78, 5) is 26.3. The molecule has 1 fully saturated rings. The molecule has 1 aliphatic heterocycles. The van der Waals surface area contributed by atoms with Crippen molar-refractivity contribution in [1.29, 1.82) is 0 Å². The number of fused-ring (bicyclic) bond motifs is 1. The fourth-order valence-electron chi connectivity index (χ4n) is 4.15. The van der Waals surface area contributed by atoms with Gasteiger partial charge in [-0.3, -0.25) is 4.79 Å². The average molecular weight is 474 g/mol. The van der Waals surface area contributed by atoms with Gasteiger partial charge in [0.25, 0.3) is 5.91 Å². The lowest BCUT2D eigenvalue weighted by Gasteiger charge is -2.34. The second kappa shape index (κ2) is 9.54. The summed E-state index contributed by atoms with van der Waals surface area (Å²) in [5.41, 5.74) is 2.36. The van der Waals surface area contributed by atoms with Crippen molar-refractivity contribution in [2.45, 2.75) is 6.92 Å². The number of para-hydroxylation sites is 1. The molecule has 5 rings (SSSR count). The minimum atomic E-state index is -0.130. The predicted octanol–water partition coefficient (Wildman–Crippen LogP) is 4.25. The van der Waals surface area contributed by atoms with Crippen LogP contribution in [0.4, 0.5) is 17.5 Å². The highest BCUT2D eigenvalue weighted by atomic mass is 16.5. The molecule has 9 heteroatoms. The minimum Gasteiger partial charge on any atom is -0.497 e. The fraction of sp³-hybridized carbons (Fsp3) is 0.269. The van der Waals surface area contributed by atoms with E-state index in [1.807, 2.05) is 55.5 Å². The third-order valence-electron chi connectivity index (χ3n) is 5.99. The van der Waals surface area contributed by atoms with Crippen LogP contribution < -0.4 is 19.7 Å². The van der Waals surface area contributed by atoms with Crippen LogP contribution in [0.5, 0.6) is 11.5 Å². The zero-order chi connectivity index (χ0) is 24.4. The Morgan fingerprint density at radius 1 is 0.971 bits per heavy atom. The Bertz CT molecular complexity index is 1340. The minimum absolute atomic E-state index is 0.130. The standard InChI is InChI=1S/C26H27N5O4/c1-17-15-23(28-19-7-9-20(33-2)10-8-19)29-26(27-17)31-13-11-30(12-14-31)25(32)22-16-18-5-4-6-21(34-3)24(18)35-22/h4-10,15-16H,11-14H2,1-3H3,(H,27,28,29). The van der Waals surface area contributed by atoms with E-state index in [4.69, 9.17) is 18.9 Å². The highest BCUT2D eigenvalue weighted by Gasteiger charge is 2.26. The Morgan fingerprint density at radius 2 is 1.74 bits per heavy atom. The van der Waals surface area contributed by atoms with E-state index in [0.717, 1.165) is 22.5 Å². The van der Waals surface area contributed by atoms with Crippen LogP contribution in [0.1, 0.15) is 16.2 Å². The molecule has 4 aromatic rings. The van der Waals surface area contributed by atoms with Crippen LogP contribution in [-0.2, 0) is 0 Å². The van der Waals surface area contributed by atoms with E-state index in [0.29, 0.717) is 55.0 Å². The monoisotopic (exact) mass is 473 g/mol. The second-order valence-electron chi connectivity index (χ2n) is 8.32. The normalized spacial score (nSPS) is 13.7. The molecule has 1 aliphatic rings. The molecule has 180 valence electrons. The van der Waals surface area contributed by atoms with Crippen LogP contribution >= 0.6 is 0 Å². The Morgan fingerprint density at radius 3 is 2.46 bits per heavy atom. The van der Waals surface area contributed by atoms with Crippen LogP contribution in [0, 0.1) is 6.92 Å². The number of aromatic nitrogens is 2. The molecule has 0 bridgehead atoms. The van der Waals surface area contributed by atoms with Gasteiger partial charge in [-0.15, -0.1) is 0 Å². The van der Waals surface area contributed by atoms with E-state index in [1.165, 1.54) is 0 Å². The molecule has 0 atom stereocenters. The van der Waals surface area contributed by atoms with E-state index in [2.05, 4.69) is 15.2 Å². The van der Waals surface area contributed by atoms with E-state index < -0.39 is 0 Å². The molecule has 9 nitrogen and oxygen atoms in total. The molecule has 1 N–H and O–H groups in total. The van der Waals surface area contributed by atoms with E-state index >= 15 is 0 Å². The van der Waals surface area contributed by atoms with Crippen molar-refractivity contribution in [3.05, 3.63) is 66.1 Å². The first-order valence-electron chi connectivity index (χ1n) is 11.4. The summed E-state index contributed by atoms with van der Waals surface area (Å²) in [6.45, 7) is 4.29. The summed E-state index contributed by atoms with van der Waals surface area (Å²) in [7, 11) is 3.23. The summed E-state index contributed by atoms with van der Waals surface area (Å²) >= 11 is 0. The van der Waals surface area contributed by atoms with Crippen molar-refractivity contribution in [1.82, 2.24) is 14.9 Å². The van der Waals surface area contributed by atoms with Crippen LogP contribution in [0.2, 0.25) is 0 Å². The maximum Gasteiger partial charge on any atom is 0.289 e. The van der Waals surface area contributed by atoms with Gasteiger partial charge in [-0.05, 0) is 43.3 Å². The zero-order valence-electron chi connectivity index (χ0n) is 19.9. The summed E-state index contributed by atoms with van der Waals surface area (Å²) in [6.07, 6.45) is 0. The first-order valence-corrected chi connectivity index (χ1v) is 11.4. The van der Waals surface area contributed by atoms with Gasteiger partial charge in [0.1, 0.15) is 11.6 Å². The van der Waals surface area contributed by atoms with Gasteiger partial charge < -0.3 is 29.0 Å². The number of amides is 1. The molecular weight excluding hydrogens is 446 g/mol. The maximum atomic E-state index is 13.1. The zero-order valence-corrected chi connectivity index (χ0v) is 19.9. The fourth-order valence-corrected chi connectivity index (χ4v) is 4.15. The van der Waals surface area contributed by atoms with Gasteiger partial charge >= 0.3 is 0 Å². The number of ether oxygens (including phenoxy) is 2. The Kier molecular flexibility index (Phi) is 6.13. The largest absolute Gasteiger partial charge is 0.497 e. The lowest BCUT2D eigenvalue weighted by Crippen LogP contribution is -2.49. The number of anilines is 3. The number of aryl methyl sites for hydroxylation is 1. The molecule has 3 heterocycles. The third-order valence-corrected chi connectivity index (χ3v) is 5.99. The highest BCUT2D eigenvalue weighted by molar-refractivity contribution is 5.97. The smallest absolute Gasteiger partial charge is 0.289 e. The quantitative estimate of drug-likeness (QED) is 0.444. The van der Waals surface area contributed by atoms with Crippen molar-refractivity contribution in [2.75, 3.05) is 50.6 Å². The van der Waals surface area contributed by atoms with Crippen molar-refractivity contribution >= 4 is 34.3 Å². The van der Waals surface area contributed by atoms with E-state index in [-0.39, 0.29) is 5.91 Å². The molecule has 0 aliphatic carbocycles. The lowest BCUT2D eigenvalue weighted by molar-refractivity contribution is 0.0716. The van der Waals surface area contributed by atoms with Crippen molar-refractivity contribution in [3.8, 4) is 11.5 Å². The second-order valence-corrected chi connectivity index (χ2v) is 8.32. The van der Waals surface area contributed by atoms with Crippen molar-refractivity contribution in [2.24, 2.45) is 0 Å². The van der Waals surface area contributed by atoms with Gasteiger partial charge in [-0.1, -0.05) is 12.1 Å². The van der Waals surface area contributed by atoms with E-state index in [1.54, 1.807) is 25.2 Å². The summed E-state index contributed by atoms with van der Waals surface area (Å²) in [5.74, 6) is 2.95. The molecule has 0 saturated carbocycles. The molecule has 1 saturated heterocycles. The number of nitrogens with zero attached hydrogens (tertiary/aromatic N) is 4. The number of carbonyl (C=O) groups excluding carboxylic acids is 1. The average Bonchev–Trinajstić information content (AvgIpc) is 3.33. The van der Waals surface area contributed by atoms with E-state index in [9.17, 15) is 4.79 Å². The number of benzene rings is 2. The molecule has 0 radical (unpaired) electrons. The predicted molar refractivity (Wildman–Crippen MR) is 134 cm³/mol. The molecule has 0 unspecified atom stereocenters. The number of furan rings is 1. The highest BCUT2D eigenvalue weighted by Crippen LogP contribution is 2.29. The number of hydrogen-bond acceptors (Lipinski definition) is 8. The van der Waals surface area contributed by atoms with Crippen molar-refractivity contribution < 1.29 is 18.7 Å². The van der Waals surface area contributed by atoms with Crippen LogP contribution in [0.3, 0.4) is 0 Å². The summed E-state index contributed by atoms with van der Waals surface area (Å²) < 4.78 is 16.4. The lowest BCUT2D eigenvalue weighted by atomic mass is 10.2. The number of carbonyl (C=O) groups is 1. The maximum absolute atomic E-state index is 13.1. The molecule has 35 heavy (non-hydrogen) atoms. The SMILES string of the molecule is COc1ccc(Nc2cc(C)nc(N3CCN(C(=O)c4cc5cccc(OC)c5o4)CC3)n2)cc1. The first kappa shape index (κ1) is 22.5.